The second kappa shape index (κ2) is 3.60. The number of rotatable bonds is 0. The molecule has 3 heteroatoms. The summed E-state index contributed by atoms with van der Waals surface area (Å²) in [7, 11) is 0. The molecule has 1 aromatic carbocycles. The average Bonchev–Trinajstić information content (AvgIpc) is 2.88. The lowest BCUT2D eigenvalue weighted by molar-refractivity contribution is -0.161. The molecule has 0 aromatic heterocycles. The minimum atomic E-state index is -1.03. The van der Waals surface area contributed by atoms with Gasteiger partial charge in [0.15, 0.2) is 0 Å². The van der Waals surface area contributed by atoms with E-state index in [0.29, 0.717) is 18.9 Å². The maximum absolute atomic E-state index is 10.5. The van der Waals surface area contributed by atoms with Crippen molar-refractivity contribution in [3.63, 3.8) is 0 Å². The molecule has 4 rings (SSSR count). The molecule has 2 N–H and O–H groups in total. The normalized spacial score (nSPS) is 47.6. The van der Waals surface area contributed by atoms with Crippen molar-refractivity contribution in [2.24, 2.45) is 5.92 Å². The molecular formula is C16H20O3. The summed E-state index contributed by atoms with van der Waals surface area (Å²) in [4.78, 5) is 0. The van der Waals surface area contributed by atoms with Crippen LogP contribution in [0.25, 0.3) is 0 Å². The van der Waals surface area contributed by atoms with Crippen molar-refractivity contribution in [2.45, 2.75) is 49.4 Å². The van der Waals surface area contributed by atoms with Crippen LogP contribution in [0, 0.1) is 5.92 Å². The van der Waals surface area contributed by atoms with E-state index in [-0.39, 0.29) is 11.5 Å². The highest BCUT2D eigenvalue weighted by atomic mass is 16.5. The van der Waals surface area contributed by atoms with E-state index < -0.39 is 11.7 Å². The van der Waals surface area contributed by atoms with Crippen LogP contribution in [0.1, 0.15) is 30.9 Å². The smallest absolute Gasteiger partial charge is 0.109 e. The highest BCUT2D eigenvalue weighted by molar-refractivity contribution is 5.44. The van der Waals surface area contributed by atoms with Crippen LogP contribution in [-0.2, 0) is 16.6 Å². The van der Waals surface area contributed by atoms with E-state index in [2.05, 4.69) is 24.3 Å². The van der Waals surface area contributed by atoms with Gasteiger partial charge in [0, 0.05) is 5.41 Å². The van der Waals surface area contributed by atoms with Crippen molar-refractivity contribution in [1.82, 2.24) is 0 Å². The zero-order valence-electron chi connectivity index (χ0n) is 11.2. The molecule has 5 atom stereocenters. The first-order valence-electron chi connectivity index (χ1n) is 7.16. The van der Waals surface area contributed by atoms with E-state index in [9.17, 15) is 10.2 Å². The Kier molecular flexibility index (Phi) is 2.25. The van der Waals surface area contributed by atoms with Crippen LogP contribution in [0.5, 0.6) is 0 Å². The van der Waals surface area contributed by atoms with Crippen molar-refractivity contribution < 1.29 is 14.9 Å². The van der Waals surface area contributed by atoms with Crippen LogP contribution in [0.3, 0.4) is 0 Å². The fraction of sp³-hybridized carbons (Fsp3) is 0.625. The Bertz CT molecular complexity index is 524. The summed E-state index contributed by atoms with van der Waals surface area (Å²) in [6.07, 6.45) is 1.53. The Morgan fingerprint density at radius 1 is 1.26 bits per heavy atom. The van der Waals surface area contributed by atoms with Crippen LogP contribution in [0.15, 0.2) is 24.3 Å². The summed E-state index contributed by atoms with van der Waals surface area (Å²) in [6, 6.07) is 8.54. The van der Waals surface area contributed by atoms with Crippen LogP contribution < -0.4 is 0 Å². The number of hydrogen-bond donors (Lipinski definition) is 2. The van der Waals surface area contributed by atoms with Gasteiger partial charge in [-0.1, -0.05) is 24.3 Å². The first-order chi connectivity index (χ1) is 9.06. The van der Waals surface area contributed by atoms with Crippen LogP contribution in [0.2, 0.25) is 0 Å². The summed E-state index contributed by atoms with van der Waals surface area (Å²) in [6.45, 7) is 2.43. The van der Waals surface area contributed by atoms with Crippen LogP contribution in [0.4, 0.5) is 0 Å². The molecule has 3 aliphatic rings. The Labute approximate surface area is 113 Å². The molecule has 1 aromatic rings. The SMILES string of the molecule is C[C@@]1(O)CC[C@]23c4ccccc4C[C@@H]2CO[C@@H]3[C@@H]1O. The number of fused-ring (bicyclic) bond motifs is 1. The quantitative estimate of drug-likeness (QED) is 0.741. The lowest BCUT2D eigenvalue weighted by Crippen LogP contribution is -2.59. The van der Waals surface area contributed by atoms with Crippen LogP contribution in [-0.4, -0.2) is 34.6 Å². The third kappa shape index (κ3) is 1.33. The van der Waals surface area contributed by atoms with Crippen molar-refractivity contribution in [3.8, 4) is 0 Å². The maximum atomic E-state index is 10.5. The zero-order chi connectivity index (χ0) is 13.3. The molecule has 2 fully saturated rings. The third-order valence-corrected chi connectivity index (χ3v) is 5.67. The predicted octanol–water partition coefficient (Wildman–Crippen LogP) is 1.40. The van der Waals surface area contributed by atoms with Crippen molar-refractivity contribution in [3.05, 3.63) is 35.4 Å². The standard InChI is InChI=1S/C16H20O3/c1-15(18)6-7-16-11(9-19-14(16)13(15)17)8-10-4-2-3-5-12(10)16/h2-5,11,13-14,17-18H,6-9H2,1H3/t11-,13+,14-,15-,16-/m1/s1. The summed E-state index contributed by atoms with van der Waals surface area (Å²) < 4.78 is 5.91. The van der Waals surface area contributed by atoms with Gasteiger partial charge < -0.3 is 14.9 Å². The molecule has 2 aliphatic carbocycles. The first-order valence-corrected chi connectivity index (χ1v) is 7.16. The van der Waals surface area contributed by atoms with Crippen molar-refractivity contribution in [2.75, 3.05) is 6.61 Å². The fourth-order valence-corrected chi connectivity index (χ4v) is 4.57. The molecule has 0 unspecified atom stereocenters. The zero-order valence-corrected chi connectivity index (χ0v) is 11.2. The Morgan fingerprint density at radius 2 is 2.05 bits per heavy atom. The van der Waals surface area contributed by atoms with Gasteiger partial charge in [0.05, 0.1) is 18.3 Å². The third-order valence-electron chi connectivity index (χ3n) is 5.67. The molecule has 19 heavy (non-hydrogen) atoms. The minimum Gasteiger partial charge on any atom is -0.387 e. The van der Waals surface area contributed by atoms with Gasteiger partial charge in [-0.3, -0.25) is 0 Å². The highest BCUT2D eigenvalue weighted by Crippen LogP contribution is 2.58. The molecular weight excluding hydrogens is 240 g/mol. The lowest BCUT2D eigenvalue weighted by Gasteiger charge is -2.48. The van der Waals surface area contributed by atoms with Gasteiger partial charge in [-0.2, -0.15) is 0 Å². The van der Waals surface area contributed by atoms with Gasteiger partial charge in [-0.25, -0.2) is 0 Å². The van der Waals surface area contributed by atoms with E-state index in [1.165, 1.54) is 11.1 Å². The second-order valence-electron chi connectivity index (χ2n) is 6.65. The van der Waals surface area contributed by atoms with Gasteiger partial charge in [-0.05, 0) is 43.2 Å². The molecule has 1 aliphatic heterocycles. The number of aliphatic hydroxyl groups excluding tert-OH is 1. The minimum absolute atomic E-state index is 0.0712. The number of hydrogen-bond acceptors (Lipinski definition) is 3. The van der Waals surface area contributed by atoms with E-state index in [0.717, 1.165) is 12.8 Å². The predicted molar refractivity (Wildman–Crippen MR) is 70.9 cm³/mol. The summed E-state index contributed by atoms with van der Waals surface area (Å²) in [5.41, 5.74) is 1.65. The molecule has 3 nitrogen and oxygen atoms in total. The number of benzene rings is 1. The maximum Gasteiger partial charge on any atom is 0.109 e. The molecule has 102 valence electrons. The Balaban J connectivity index is 1.85. The molecule has 0 bridgehead atoms. The molecule has 0 amide bonds. The molecule has 1 saturated heterocycles. The highest BCUT2D eigenvalue weighted by Gasteiger charge is 2.63. The van der Waals surface area contributed by atoms with E-state index in [1.807, 2.05) is 0 Å². The van der Waals surface area contributed by atoms with Gasteiger partial charge in [-0.15, -0.1) is 0 Å². The van der Waals surface area contributed by atoms with E-state index in [1.54, 1.807) is 6.92 Å². The first kappa shape index (κ1) is 11.9. The fourth-order valence-electron chi connectivity index (χ4n) is 4.57. The topological polar surface area (TPSA) is 49.7 Å². The van der Waals surface area contributed by atoms with Gasteiger partial charge in [0.1, 0.15) is 6.10 Å². The molecule has 1 saturated carbocycles. The van der Waals surface area contributed by atoms with Gasteiger partial charge in [0.25, 0.3) is 0 Å². The van der Waals surface area contributed by atoms with Crippen molar-refractivity contribution >= 4 is 0 Å². The summed E-state index contributed by atoms with van der Waals surface area (Å²) in [5.74, 6) is 0.459. The van der Waals surface area contributed by atoms with Gasteiger partial charge >= 0.3 is 0 Å². The summed E-state index contributed by atoms with van der Waals surface area (Å²) in [5, 5.41) is 20.8. The Hall–Kier alpha value is -0.900. The average molecular weight is 260 g/mol. The lowest BCUT2D eigenvalue weighted by atomic mass is 9.61. The van der Waals surface area contributed by atoms with E-state index >= 15 is 0 Å². The van der Waals surface area contributed by atoms with Gasteiger partial charge in [0.2, 0.25) is 0 Å². The molecule has 1 heterocycles. The van der Waals surface area contributed by atoms with Crippen molar-refractivity contribution in [1.29, 1.82) is 0 Å². The van der Waals surface area contributed by atoms with Crippen LogP contribution >= 0.6 is 0 Å². The number of aliphatic hydroxyl groups is 2. The Morgan fingerprint density at radius 3 is 2.89 bits per heavy atom. The van der Waals surface area contributed by atoms with E-state index in [4.69, 9.17) is 4.74 Å². The molecule has 0 radical (unpaired) electrons. The second-order valence-corrected chi connectivity index (χ2v) is 6.65. The number of ether oxygens (including phenoxy) is 1. The largest absolute Gasteiger partial charge is 0.387 e. The molecule has 1 spiro atoms. The monoisotopic (exact) mass is 260 g/mol. The summed E-state index contributed by atoms with van der Waals surface area (Å²) >= 11 is 0.